The summed E-state index contributed by atoms with van der Waals surface area (Å²) >= 11 is 0. The van der Waals surface area contributed by atoms with E-state index in [4.69, 9.17) is 14.3 Å². The number of ether oxygens (including phenoxy) is 1. The molecule has 1 N–H and O–H groups in total. The molecule has 0 aromatic carbocycles. The van der Waals surface area contributed by atoms with E-state index in [9.17, 15) is 4.79 Å². The van der Waals surface area contributed by atoms with Crippen LogP contribution in [0.3, 0.4) is 0 Å². The Balaban J connectivity index is 2.33. The van der Waals surface area contributed by atoms with E-state index in [1.165, 1.54) is 6.07 Å². The maximum atomic E-state index is 11.3. The van der Waals surface area contributed by atoms with Crippen LogP contribution in [0, 0.1) is 0 Å². The first kappa shape index (κ1) is 11.8. The quantitative estimate of drug-likeness (QED) is 0.579. The molecule has 1 rings (SSSR count). The Morgan fingerprint density at radius 2 is 2.27 bits per heavy atom. The van der Waals surface area contributed by atoms with Gasteiger partial charge in [0.2, 0.25) is 5.76 Å². The van der Waals surface area contributed by atoms with Gasteiger partial charge in [0.1, 0.15) is 12.4 Å². The van der Waals surface area contributed by atoms with Crippen LogP contribution in [0.25, 0.3) is 0 Å². The van der Waals surface area contributed by atoms with E-state index in [0.29, 0.717) is 12.4 Å². The summed E-state index contributed by atoms with van der Waals surface area (Å²) in [4.78, 5) is 11.3. The van der Waals surface area contributed by atoms with Crippen LogP contribution < -0.4 is 0 Å². The Hall–Kier alpha value is -1.29. The minimum Gasteiger partial charge on any atom is -0.460 e. The molecular formula is C11H16O4. The zero-order chi connectivity index (χ0) is 11.1. The summed E-state index contributed by atoms with van der Waals surface area (Å²) in [6.45, 7) is 2.30. The predicted octanol–water partition coefficient (Wildman–Crippen LogP) is 2.12. The second-order valence-corrected chi connectivity index (χ2v) is 3.27. The van der Waals surface area contributed by atoms with Gasteiger partial charge in [0.05, 0.1) is 6.61 Å². The molecule has 0 saturated heterocycles. The minimum absolute atomic E-state index is 0.149. The standard InChI is InChI=1S/C11H16O4/c1-2-3-4-7-14-11(13)10-6-5-9(8-12)15-10/h5-6,12H,2-4,7-8H2,1H3. The van der Waals surface area contributed by atoms with Gasteiger partial charge in [-0.2, -0.15) is 0 Å². The van der Waals surface area contributed by atoms with Crippen molar-refractivity contribution >= 4 is 5.97 Å². The highest BCUT2D eigenvalue weighted by atomic mass is 16.5. The SMILES string of the molecule is CCCCCOC(=O)c1ccc(CO)o1. The first-order chi connectivity index (χ1) is 7.27. The van der Waals surface area contributed by atoms with Gasteiger partial charge in [0, 0.05) is 0 Å². The predicted molar refractivity (Wildman–Crippen MR) is 54.4 cm³/mol. The highest BCUT2D eigenvalue weighted by molar-refractivity contribution is 5.86. The fourth-order valence-corrected chi connectivity index (χ4v) is 1.16. The minimum atomic E-state index is -0.467. The molecule has 0 aliphatic rings. The number of unbranched alkanes of at least 4 members (excludes halogenated alkanes) is 2. The zero-order valence-corrected chi connectivity index (χ0v) is 8.86. The summed E-state index contributed by atoms with van der Waals surface area (Å²) in [7, 11) is 0. The van der Waals surface area contributed by atoms with Crippen LogP contribution >= 0.6 is 0 Å². The van der Waals surface area contributed by atoms with Crippen LogP contribution in [0.4, 0.5) is 0 Å². The molecule has 0 bridgehead atoms. The van der Waals surface area contributed by atoms with Gasteiger partial charge < -0.3 is 14.3 Å². The molecule has 4 nitrogen and oxygen atoms in total. The van der Waals surface area contributed by atoms with Crippen molar-refractivity contribution in [3.8, 4) is 0 Å². The topological polar surface area (TPSA) is 59.7 Å². The van der Waals surface area contributed by atoms with Crippen molar-refractivity contribution in [3.05, 3.63) is 23.7 Å². The molecule has 0 saturated carbocycles. The highest BCUT2D eigenvalue weighted by Crippen LogP contribution is 2.09. The Kier molecular flexibility index (Phi) is 4.90. The molecule has 0 amide bonds. The second-order valence-electron chi connectivity index (χ2n) is 3.27. The number of furan rings is 1. The van der Waals surface area contributed by atoms with Gasteiger partial charge in [-0.05, 0) is 18.6 Å². The Morgan fingerprint density at radius 1 is 1.47 bits per heavy atom. The molecule has 1 heterocycles. The summed E-state index contributed by atoms with van der Waals surface area (Å²) in [5, 5.41) is 8.73. The third kappa shape index (κ3) is 3.75. The van der Waals surface area contributed by atoms with Crippen molar-refractivity contribution < 1.29 is 19.1 Å². The van der Waals surface area contributed by atoms with Crippen molar-refractivity contribution in [3.63, 3.8) is 0 Å². The molecule has 15 heavy (non-hydrogen) atoms. The lowest BCUT2D eigenvalue weighted by Gasteiger charge is -2.01. The van der Waals surface area contributed by atoms with Crippen molar-refractivity contribution in [1.82, 2.24) is 0 Å². The van der Waals surface area contributed by atoms with Gasteiger partial charge in [-0.15, -0.1) is 0 Å². The normalized spacial score (nSPS) is 10.3. The van der Waals surface area contributed by atoms with Crippen LogP contribution in [-0.4, -0.2) is 17.7 Å². The number of carbonyl (C=O) groups excluding carboxylic acids is 1. The number of rotatable bonds is 6. The van der Waals surface area contributed by atoms with Crippen LogP contribution in [0.5, 0.6) is 0 Å². The fraction of sp³-hybridized carbons (Fsp3) is 0.545. The Labute approximate surface area is 88.8 Å². The van der Waals surface area contributed by atoms with E-state index in [-0.39, 0.29) is 12.4 Å². The van der Waals surface area contributed by atoms with Crippen molar-refractivity contribution in [1.29, 1.82) is 0 Å². The average molecular weight is 212 g/mol. The maximum absolute atomic E-state index is 11.3. The molecule has 0 spiro atoms. The van der Waals surface area contributed by atoms with E-state index >= 15 is 0 Å². The Morgan fingerprint density at radius 3 is 2.87 bits per heavy atom. The maximum Gasteiger partial charge on any atom is 0.374 e. The molecule has 1 aromatic heterocycles. The van der Waals surface area contributed by atoms with Crippen molar-refractivity contribution in [2.45, 2.75) is 32.8 Å². The molecule has 1 aromatic rings. The molecule has 84 valence electrons. The summed E-state index contributed by atoms with van der Waals surface area (Å²) in [5.41, 5.74) is 0. The van der Waals surface area contributed by atoms with Gasteiger partial charge in [0.25, 0.3) is 0 Å². The molecule has 0 atom stereocenters. The number of hydrogen-bond acceptors (Lipinski definition) is 4. The second kappa shape index (κ2) is 6.24. The lowest BCUT2D eigenvalue weighted by atomic mass is 10.3. The Bertz CT molecular complexity index is 303. The first-order valence-electron chi connectivity index (χ1n) is 5.14. The van der Waals surface area contributed by atoms with E-state index < -0.39 is 5.97 Å². The number of aliphatic hydroxyl groups excluding tert-OH is 1. The van der Waals surface area contributed by atoms with E-state index in [1.807, 2.05) is 0 Å². The highest BCUT2D eigenvalue weighted by Gasteiger charge is 2.11. The van der Waals surface area contributed by atoms with Gasteiger partial charge >= 0.3 is 5.97 Å². The summed E-state index contributed by atoms with van der Waals surface area (Å²) < 4.78 is 10.0. The molecular weight excluding hydrogens is 196 g/mol. The number of hydrogen-bond donors (Lipinski definition) is 1. The molecule has 0 fully saturated rings. The monoisotopic (exact) mass is 212 g/mol. The van der Waals surface area contributed by atoms with Crippen LogP contribution in [0.2, 0.25) is 0 Å². The zero-order valence-electron chi connectivity index (χ0n) is 8.86. The third-order valence-electron chi connectivity index (χ3n) is 2.00. The van der Waals surface area contributed by atoms with Crippen molar-refractivity contribution in [2.24, 2.45) is 0 Å². The average Bonchev–Trinajstić information content (AvgIpc) is 2.72. The lowest BCUT2D eigenvalue weighted by Crippen LogP contribution is -2.05. The smallest absolute Gasteiger partial charge is 0.374 e. The fourth-order valence-electron chi connectivity index (χ4n) is 1.16. The summed E-state index contributed by atoms with van der Waals surface area (Å²) in [5.74, 6) is 0.0526. The molecule has 0 unspecified atom stereocenters. The summed E-state index contributed by atoms with van der Waals surface area (Å²) in [6.07, 6.45) is 3.01. The van der Waals surface area contributed by atoms with E-state index in [2.05, 4.69) is 6.92 Å². The molecule has 0 radical (unpaired) electrons. The number of carbonyl (C=O) groups is 1. The molecule has 0 aliphatic carbocycles. The lowest BCUT2D eigenvalue weighted by molar-refractivity contribution is 0.0457. The van der Waals surface area contributed by atoms with Crippen LogP contribution in [-0.2, 0) is 11.3 Å². The van der Waals surface area contributed by atoms with Gasteiger partial charge in [0.15, 0.2) is 0 Å². The van der Waals surface area contributed by atoms with Gasteiger partial charge in [-0.25, -0.2) is 4.79 Å². The van der Waals surface area contributed by atoms with Gasteiger partial charge in [-0.1, -0.05) is 19.8 Å². The van der Waals surface area contributed by atoms with Crippen LogP contribution in [0.15, 0.2) is 16.5 Å². The number of esters is 1. The summed E-state index contributed by atoms with van der Waals surface area (Å²) in [6, 6.07) is 3.07. The van der Waals surface area contributed by atoms with E-state index in [0.717, 1.165) is 19.3 Å². The largest absolute Gasteiger partial charge is 0.460 e. The molecule has 4 heteroatoms. The first-order valence-corrected chi connectivity index (χ1v) is 5.14. The van der Waals surface area contributed by atoms with Crippen molar-refractivity contribution in [2.75, 3.05) is 6.61 Å². The number of aliphatic hydroxyl groups is 1. The van der Waals surface area contributed by atoms with Gasteiger partial charge in [-0.3, -0.25) is 0 Å². The van der Waals surface area contributed by atoms with Crippen LogP contribution in [0.1, 0.15) is 42.5 Å². The molecule has 0 aliphatic heterocycles. The van der Waals surface area contributed by atoms with E-state index in [1.54, 1.807) is 6.07 Å². The third-order valence-corrected chi connectivity index (χ3v) is 2.00.